The van der Waals surface area contributed by atoms with Gasteiger partial charge in [-0.25, -0.2) is 0 Å². The summed E-state index contributed by atoms with van der Waals surface area (Å²) < 4.78 is 11.1. The fourth-order valence-electron chi connectivity index (χ4n) is 2.03. The van der Waals surface area contributed by atoms with Gasteiger partial charge >= 0.3 is 0 Å². The fourth-order valence-corrected chi connectivity index (χ4v) is 2.03. The van der Waals surface area contributed by atoms with Crippen molar-refractivity contribution in [3.05, 3.63) is 0 Å². The lowest BCUT2D eigenvalue weighted by atomic mass is 10.1. The third-order valence-electron chi connectivity index (χ3n) is 3.02. The Labute approximate surface area is 99.9 Å². The highest BCUT2D eigenvalue weighted by atomic mass is 16.5. The first-order valence-corrected chi connectivity index (χ1v) is 6.75. The molecule has 1 aliphatic heterocycles. The summed E-state index contributed by atoms with van der Waals surface area (Å²) in [5.74, 6) is 0. The standard InChI is InChI=1S/C13H27NO2/c1-3-4-8-15-10-7-14-12(2)11-13-6-5-9-16-13/h12-14H,3-11H2,1-2H3. The van der Waals surface area contributed by atoms with Crippen LogP contribution in [0.1, 0.15) is 46.0 Å². The number of nitrogens with one attached hydrogen (secondary N) is 1. The third-order valence-corrected chi connectivity index (χ3v) is 3.02. The average Bonchev–Trinajstić information content (AvgIpc) is 2.76. The summed E-state index contributed by atoms with van der Waals surface area (Å²) in [6, 6.07) is 0.540. The highest BCUT2D eigenvalue weighted by Crippen LogP contribution is 2.16. The molecule has 0 radical (unpaired) electrons. The monoisotopic (exact) mass is 229 g/mol. The molecule has 0 aromatic heterocycles. The van der Waals surface area contributed by atoms with Gasteiger partial charge in [0, 0.05) is 25.8 Å². The van der Waals surface area contributed by atoms with Crippen molar-refractivity contribution in [2.24, 2.45) is 0 Å². The van der Waals surface area contributed by atoms with E-state index in [1.807, 2.05) is 0 Å². The summed E-state index contributed by atoms with van der Waals surface area (Å²) >= 11 is 0. The van der Waals surface area contributed by atoms with E-state index in [1.54, 1.807) is 0 Å². The van der Waals surface area contributed by atoms with Crippen molar-refractivity contribution in [1.29, 1.82) is 0 Å². The molecule has 2 atom stereocenters. The average molecular weight is 229 g/mol. The van der Waals surface area contributed by atoms with Gasteiger partial charge in [-0.2, -0.15) is 0 Å². The Morgan fingerprint density at radius 1 is 1.44 bits per heavy atom. The lowest BCUT2D eigenvalue weighted by Gasteiger charge is -2.17. The van der Waals surface area contributed by atoms with Crippen LogP contribution >= 0.6 is 0 Å². The molecule has 2 unspecified atom stereocenters. The van der Waals surface area contributed by atoms with Crippen LogP contribution in [0.5, 0.6) is 0 Å². The number of hydrogen-bond donors (Lipinski definition) is 1. The van der Waals surface area contributed by atoms with Gasteiger partial charge in [0.2, 0.25) is 0 Å². The number of ether oxygens (including phenoxy) is 2. The molecule has 0 aromatic rings. The molecule has 0 aromatic carbocycles. The Kier molecular flexibility index (Phi) is 7.81. The van der Waals surface area contributed by atoms with E-state index in [2.05, 4.69) is 19.2 Å². The van der Waals surface area contributed by atoms with Crippen molar-refractivity contribution in [3.8, 4) is 0 Å². The van der Waals surface area contributed by atoms with Crippen LogP contribution in [0.15, 0.2) is 0 Å². The Hall–Kier alpha value is -0.120. The van der Waals surface area contributed by atoms with Crippen molar-refractivity contribution in [2.45, 2.75) is 58.1 Å². The van der Waals surface area contributed by atoms with E-state index in [0.717, 1.165) is 32.8 Å². The van der Waals surface area contributed by atoms with Gasteiger partial charge in [-0.3, -0.25) is 0 Å². The summed E-state index contributed by atoms with van der Waals surface area (Å²) in [7, 11) is 0. The van der Waals surface area contributed by atoms with Crippen LogP contribution in [0.25, 0.3) is 0 Å². The van der Waals surface area contributed by atoms with Crippen LogP contribution < -0.4 is 5.32 Å². The number of hydrogen-bond acceptors (Lipinski definition) is 3. The summed E-state index contributed by atoms with van der Waals surface area (Å²) in [6.45, 7) is 8.06. The van der Waals surface area contributed by atoms with Gasteiger partial charge in [-0.05, 0) is 32.6 Å². The normalized spacial score (nSPS) is 22.5. The Balaban J connectivity index is 1.87. The summed E-state index contributed by atoms with van der Waals surface area (Å²) in [5, 5.41) is 3.48. The zero-order chi connectivity index (χ0) is 11.6. The molecule has 1 heterocycles. The molecule has 1 fully saturated rings. The molecule has 16 heavy (non-hydrogen) atoms. The molecule has 0 aliphatic carbocycles. The molecule has 0 saturated carbocycles. The van der Waals surface area contributed by atoms with Gasteiger partial charge < -0.3 is 14.8 Å². The van der Waals surface area contributed by atoms with Gasteiger partial charge in [0.05, 0.1) is 12.7 Å². The van der Waals surface area contributed by atoms with Crippen LogP contribution in [0.3, 0.4) is 0 Å². The van der Waals surface area contributed by atoms with Crippen LogP contribution in [0, 0.1) is 0 Å². The Morgan fingerprint density at radius 2 is 2.31 bits per heavy atom. The van der Waals surface area contributed by atoms with Gasteiger partial charge in [0.25, 0.3) is 0 Å². The zero-order valence-electron chi connectivity index (χ0n) is 10.8. The van der Waals surface area contributed by atoms with Gasteiger partial charge in [0.15, 0.2) is 0 Å². The summed E-state index contributed by atoms with van der Waals surface area (Å²) in [4.78, 5) is 0. The minimum Gasteiger partial charge on any atom is -0.380 e. The quantitative estimate of drug-likeness (QED) is 0.616. The SMILES string of the molecule is CCCCOCCNC(C)CC1CCCO1. The first kappa shape index (κ1) is 13.9. The maximum absolute atomic E-state index is 5.61. The lowest BCUT2D eigenvalue weighted by molar-refractivity contribution is 0.0928. The number of unbranched alkanes of at least 4 members (excludes halogenated alkanes) is 1. The summed E-state index contributed by atoms with van der Waals surface area (Å²) in [6.07, 6.45) is 6.48. The lowest BCUT2D eigenvalue weighted by Crippen LogP contribution is -2.32. The van der Waals surface area contributed by atoms with E-state index < -0.39 is 0 Å². The van der Waals surface area contributed by atoms with Crippen LogP contribution in [0.2, 0.25) is 0 Å². The predicted octanol–water partition coefficient (Wildman–Crippen LogP) is 2.35. The van der Waals surface area contributed by atoms with Gasteiger partial charge in [-0.1, -0.05) is 13.3 Å². The van der Waals surface area contributed by atoms with E-state index >= 15 is 0 Å². The van der Waals surface area contributed by atoms with E-state index in [0.29, 0.717) is 12.1 Å². The second kappa shape index (κ2) is 8.97. The second-order valence-electron chi connectivity index (χ2n) is 4.69. The van der Waals surface area contributed by atoms with Crippen molar-refractivity contribution >= 4 is 0 Å². The molecule has 96 valence electrons. The molecule has 0 spiro atoms. The topological polar surface area (TPSA) is 30.5 Å². The van der Waals surface area contributed by atoms with Crippen LogP contribution in [-0.4, -0.2) is 38.5 Å². The minimum atomic E-state index is 0.489. The Morgan fingerprint density at radius 3 is 3.00 bits per heavy atom. The molecule has 3 heteroatoms. The highest BCUT2D eigenvalue weighted by molar-refractivity contribution is 4.71. The van der Waals surface area contributed by atoms with Crippen LogP contribution in [-0.2, 0) is 9.47 Å². The second-order valence-corrected chi connectivity index (χ2v) is 4.69. The first-order chi connectivity index (χ1) is 7.83. The van der Waals surface area contributed by atoms with Crippen molar-refractivity contribution in [2.75, 3.05) is 26.4 Å². The first-order valence-electron chi connectivity index (χ1n) is 6.75. The maximum Gasteiger partial charge on any atom is 0.0590 e. The minimum absolute atomic E-state index is 0.489. The van der Waals surface area contributed by atoms with Crippen molar-refractivity contribution in [1.82, 2.24) is 5.32 Å². The van der Waals surface area contributed by atoms with Gasteiger partial charge in [-0.15, -0.1) is 0 Å². The van der Waals surface area contributed by atoms with E-state index in [1.165, 1.54) is 25.7 Å². The molecule has 0 amide bonds. The molecular formula is C13H27NO2. The molecule has 0 bridgehead atoms. The van der Waals surface area contributed by atoms with E-state index in [9.17, 15) is 0 Å². The largest absolute Gasteiger partial charge is 0.380 e. The molecule has 1 aliphatic rings. The highest BCUT2D eigenvalue weighted by Gasteiger charge is 2.17. The predicted molar refractivity (Wildman–Crippen MR) is 66.8 cm³/mol. The molecule has 1 rings (SSSR count). The van der Waals surface area contributed by atoms with Crippen molar-refractivity contribution in [3.63, 3.8) is 0 Å². The molecule has 3 nitrogen and oxygen atoms in total. The van der Waals surface area contributed by atoms with E-state index in [4.69, 9.17) is 9.47 Å². The molecular weight excluding hydrogens is 202 g/mol. The maximum atomic E-state index is 5.61. The summed E-state index contributed by atoms with van der Waals surface area (Å²) in [5.41, 5.74) is 0. The fraction of sp³-hybridized carbons (Fsp3) is 1.00. The molecule has 1 N–H and O–H groups in total. The Bertz CT molecular complexity index is 158. The van der Waals surface area contributed by atoms with Crippen LogP contribution in [0.4, 0.5) is 0 Å². The smallest absolute Gasteiger partial charge is 0.0590 e. The van der Waals surface area contributed by atoms with E-state index in [-0.39, 0.29) is 0 Å². The molecule has 1 saturated heterocycles. The van der Waals surface area contributed by atoms with Crippen molar-refractivity contribution < 1.29 is 9.47 Å². The zero-order valence-corrected chi connectivity index (χ0v) is 10.8. The van der Waals surface area contributed by atoms with Gasteiger partial charge in [0.1, 0.15) is 0 Å². The third kappa shape index (κ3) is 6.46. The number of rotatable bonds is 9.